The van der Waals surface area contributed by atoms with Crippen molar-refractivity contribution in [2.45, 2.75) is 19.9 Å². The van der Waals surface area contributed by atoms with E-state index in [2.05, 4.69) is 31.4 Å². The van der Waals surface area contributed by atoms with E-state index in [0.717, 1.165) is 61.0 Å². The SMILES string of the molecule is Cc1ccc(N2CCc3c(NC(=O)CN4CCN(Cc5ccc6c(c5)OCO6)CC4)n[nH]c3C2=O)cc1. The summed E-state index contributed by atoms with van der Waals surface area (Å²) in [5.41, 5.74) is 4.41. The van der Waals surface area contributed by atoms with Crippen molar-refractivity contribution < 1.29 is 19.1 Å². The number of piperazine rings is 1. The highest BCUT2D eigenvalue weighted by atomic mass is 16.7. The number of nitrogens with one attached hydrogen (secondary N) is 2. The van der Waals surface area contributed by atoms with Gasteiger partial charge in [-0.3, -0.25) is 24.5 Å². The van der Waals surface area contributed by atoms with Crippen LogP contribution < -0.4 is 19.7 Å². The molecule has 10 nitrogen and oxygen atoms in total. The maximum absolute atomic E-state index is 13.1. The summed E-state index contributed by atoms with van der Waals surface area (Å²) in [6, 6.07) is 14.0. The normalized spacial score (nSPS) is 17.6. The Morgan fingerprint density at radius 2 is 1.76 bits per heavy atom. The Balaban J connectivity index is 1.01. The molecule has 1 saturated heterocycles. The summed E-state index contributed by atoms with van der Waals surface area (Å²) in [5, 5.41) is 10.0. The van der Waals surface area contributed by atoms with Crippen LogP contribution in [-0.2, 0) is 17.8 Å². The van der Waals surface area contributed by atoms with Crippen LogP contribution in [0.3, 0.4) is 0 Å². The van der Waals surface area contributed by atoms with E-state index < -0.39 is 0 Å². The fraction of sp³-hybridized carbons (Fsp3) is 0.370. The van der Waals surface area contributed by atoms with Crippen molar-refractivity contribution in [3.05, 3.63) is 64.8 Å². The van der Waals surface area contributed by atoms with E-state index in [1.54, 1.807) is 4.90 Å². The van der Waals surface area contributed by atoms with Gasteiger partial charge in [0.2, 0.25) is 12.7 Å². The van der Waals surface area contributed by atoms with E-state index in [1.807, 2.05) is 43.3 Å². The van der Waals surface area contributed by atoms with E-state index in [-0.39, 0.29) is 18.6 Å². The number of aromatic nitrogens is 2. The van der Waals surface area contributed by atoms with Crippen LogP contribution in [0.2, 0.25) is 0 Å². The molecule has 0 bridgehead atoms. The third-order valence-corrected chi connectivity index (χ3v) is 7.19. The number of ether oxygens (including phenoxy) is 2. The van der Waals surface area contributed by atoms with Crippen LogP contribution in [-0.4, -0.2) is 77.9 Å². The molecule has 0 spiro atoms. The number of carbonyl (C=O) groups excluding carboxylic acids is 2. The topological polar surface area (TPSA) is 103 Å². The van der Waals surface area contributed by atoms with Gasteiger partial charge in [0.1, 0.15) is 5.69 Å². The van der Waals surface area contributed by atoms with Gasteiger partial charge in [0, 0.05) is 50.5 Å². The van der Waals surface area contributed by atoms with E-state index in [1.165, 1.54) is 5.56 Å². The lowest BCUT2D eigenvalue weighted by atomic mass is 10.0. The second-order valence-corrected chi connectivity index (χ2v) is 9.76. The molecular weight excluding hydrogens is 472 g/mol. The summed E-state index contributed by atoms with van der Waals surface area (Å²) in [7, 11) is 0. The number of amides is 2. The first-order valence-electron chi connectivity index (χ1n) is 12.6. The van der Waals surface area contributed by atoms with E-state index in [4.69, 9.17) is 9.47 Å². The summed E-state index contributed by atoms with van der Waals surface area (Å²) in [5.74, 6) is 1.81. The molecule has 37 heavy (non-hydrogen) atoms. The smallest absolute Gasteiger partial charge is 0.276 e. The molecule has 3 aromatic rings. The molecule has 4 heterocycles. The number of carbonyl (C=O) groups is 2. The zero-order valence-electron chi connectivity index (χ0n) is 20.8. The van der Waals surface area contributed by atoms with Gasteiger partial charge < -0.3 is 19.7 Å². The van der Waals surface area contributed by atoms with Crippen molar-refractivity contribution >= 4 is 23.3 Å². The maximum Gasteiger partial charge on any atom is 0.276 e. The number of aromatic amines is 1. The van der Waals surface area contributed by atoms with Gasteiger partial charge in [-0.05, 0) is 43.2 Å². The Morgan fingerprint density at radius 3 is 2.57 bits per heavy atom. The maximum atomic E-state index is 13.1. The number of rotatable bonds is 6. The second-order valence-electron chi connectivity index (χ2n) is 9.76. The van der Waals surface area contributed by atoms with E-state index in [0.29, 0.717) is 31.0 Å². The highest BCUT2D eigenvalue weighted by molar-refractivity contribution is 6.08. The Labute approximate surface area is 215 Å². The summed E-state index contributed by atoms with van der Waals surface area (Å²) >= 11 is 0. The first kappa shape index (κ1) is 23.5. The number of benzene rings is 2. The van der Waals surface area contributed by atoms with Gasteiger partial charge in [0.15, 0.2) is 17.3 Å². The number of nitrogens with zero attached hydrogens (tertiary/aromatic N) is 4. The summed E-state index contributed by atoms with van der Waals surface area (Å²) in [4.78, 5) is 32.1. The highest BCUT2D eigenvalue weighted by Gasteiger charge is 2.31. The molecule has 1 aromatic heterocycles. The number of H-pyrrole nitrogens is 1. The van der Waals surface area contributed by atoms with Gasteiger partial charge in [-0.15, -0.1) is 0 Å². The minimum absolute atomic E-state index is 0.119. The van der Waals surface area contributed by atoms with Crippen LogP contribution in [0.25, 0.3) is 0 Å². The highest BCUT2D eigenvalue weighted by Crippen LogP contribution is 2.33. The fourth-order valence-corrected chi connectivity index (χ4v) is 5.10. The number of aryl methyl sites for hydroxylation is 1. The molecule has 192 valence electrons. The van der Waals surface area contributed by atoms with Crippen LogP contribution in [0, 0.1) is 6.92 Å². The van der Waals surface area contributed by atoms with E-state index in [9.17, 15) is 9.59 Å². The third-order valence-electron chi connectivity index (χ3n) is 7.19. The fourth-order valence-electron chi connectivity index (χ4n) is 5.10. The average Bonchev–Trinajstić information content (AvgIpc) is 3.53. The molecule has 0 aliphatic carbocycles. The van der Waals surface area contributed by atoms with Gasteiger partial charge >= 0.3 is 0 Å². The van der Waals surface area contributed by atoms with Crippen LogP contribution in [0.5, 0.6) is 11.5 Å². The quantitative estimate of drug-likeness (QED) is 0.534. The molecular formula is C27H30N6O4. The molecule has 6 rings (SSSR count). The predicted octanol–water partition coefficient (Wildman–Crippen LogP) is 2.41. The van der Waals surface area contributed by atoms with Crippen molar-refractivity contribution in [3.8, 4) is 11.5 Å². The molecule has 2 amide bonds. The number of hydrogen-bond acceptors (Lipinski definition) is 7. The van der Waals surface area contributed by atoms with Crippen molar-refractivity contribution in [3.63, 3.8) is 0 Å². The Bertz CT molecular complexity index is 1310. The third kappa shape index (κ3) is 4.90. The van der Waals surface area contributed by atoms with Gasteiger partial charge in [0.05, 0.1) is 6.54 Å². The zero-order valence-corrected chi connectivity index (χ0v) is 20.8. The molecule has 2 aromatic carbocycles. The predicted molar refractivity (Wildman–Crippen MR) is 138 cm³/mol. The molecule has 3 aliphatic rings. The molecule has 2 N–H and O–H groups in total. The number of fused-ring (bicyclic) bond motifs is 2. The molecule has 0 saturated carbocycles. The largest absolute Gasteiger partial charge is 0.454 e. The first-order chi connectivity index (χ1) is 18.0. The van der Waals surface area contributed by atoms with Crippen LogP contribution in [0.1, 0.15) is 27.2 Å². The lowest BCUT2D eigenvalue weighted by molar-refractivity contribution is -0.117. The van der Waals surface area contributed by atoms with Crippen molar-refractivity contribution in [2.24, 2.45) is 0 Å². The number of anilines is 2. The van der Waals surface area contributed by atoms with Gasteiger partial charge in [-0.2, -0.15) is 5.10 Å². The van der Waals surface area contributed by atoms with Crippen molar-refractivity contribution in [1.29, 1.82) is 0 Å². The average molecular weight is 503 g/mol. The Morgan fingerprint density at radius 1 is 1.00 bits per heavy atom. The molecule has 0 radical (unpaired) electrons. The van der Waals surface area contributed by atoms with Gasteiger partial charge in [0.25, 0.3) is 5.91 Å². The van der Waals surface area contributed by atoms with Gasteiger partial charge in [-0.1, -0.05) is 23.8 Å². The van der Waals surface area contributed by atoms with Crippen molar-refractivity contribution in [2.75, 3.05) is 56.3 Å². The molecule has 0 unspecified atom stereocenters. The molecule has 0 atom stereocenters. The molecule has 10 heteroatoms. The molecule has 1 fully saturated rings. The van der Waals surface area contributed by atoms with Crippen LogP contribution in [0.15, 0.2) is 42.5 Å². The lowest BCUT2D eigenvalue weighted by Gasteiger charge is -2.34. The second kappa shape index (κ2) is 9.87. The van der Waals surface area contributed by atoms with Gasteiger partial charge in [-0.25, -0.2) is 0 Å². The summed E-state index contributed by atoms with van der Waals surface area (Å²) in [6.07, 6.45) is 0.625. The monoisotopic (exact) mass is 502 g/mol. The summed E-state index contributed by atoms with van der Waals surface area (Å²) < 4.78 is 10.9. The Hall–Kier alpha value is -3.89. The lowest BCUT2D eigenvalue weighted by Crippen LogP contribution is -2.48. The summed E-state index contributed by atoms with van der Waals surface area (Å²) in [6.45, 7) is 7.34. The molecule has 3 aliphatic heterocycles. The number of hydrogen-bond donors (Lipinski definition) is 2. The van der Waals surface area contributed by atoms with Crippen LogP contribution in [0.4, 0.5) is 11.5 Å². The Kier molecular flexibility index (Phi) is 6.27. The standard InChI is InChI=1S/C27H30N6O4/c1-18-2-5-20(6-3-18)33-9-8-21-25(27(33)35)29-30-26(21)28-24(34)16-32-12-10-31(11-13-32)15-19-4-7-22-23(14-19)37-17-36-22/h2-7,14H,8-13,15-17H2,1H3,(H2,28,29,30,34). The van der Waals surface area contributed by atoms with Crippen LogP contribution >= 0.6 is 0 Å². The first-order valence-corrected chi connectivity index (χ1v) is 12.6. The van der Waals surface area contributed by atoms with E-state index >= 15 is 0 Å². The zero-order chi connectivity index (χ0) is 25.4. The van der Waals surface area contributed by atoms with Crippen molar-refractivity contribution in [1.82, 2.24) is 20.0 Å². The minimum atomic E-state index is -0.128. The minimum Gasteiger partial charge on any atom is -0.454 e.